The van der Waals surface area contributed by atoms with Gasteiger partial charge in [0.25, 0.3) is 0 Å². The molecule has 0 aromatic carbocycles. The lowest BCUT2D eigenvalue weighted by Gasteiger charge is -2.27. The number of aryl methyl sites for hydroxylation is 2. The molecular formula is C17H20F3N5O2S. The fourth-order valence-corrected chi connectivity index (χ4v) is 4.89. The van der Waals surface area contributed by atoms with E-state index in [1.807, 2.05) is 0 Å². The van der Waals surface area contributed by atoms with Crippen molar-refractivity contribution in [3.63, 3.8) is 0 Å². The Balaban J connectivity index is 1.67. The summed E-state index contributed by atoms with van der Waals surface area (Å²) in [7, 11) is 0. The van der Waals surface area contributed by atoms with Crippen molar-refractivity contribution in [2.24, 2.45) is 0 Å². The fourth-order valence-electron chi connectivity index (χ4n) is 3.95. The third kappa shape index (κ3) is 3.36. The zero-order chi connectivity index (χ0) is 20.1. The molecular weight excluding hydrogens is 395 g/mol. The Labute approximate surface area is 162 Å². The van der Waals surface area contributed by atoms with Crippen LogP contribution in [0, 0.1) is 6.92 Å². The van der Waals surface area contributed by atoms with Gasteiger partial charge in [-0.3, -0.25) is 9.36 Å². The van der Waals surface area contributed by atoms with Crippen LogP contribution < -0.4 is 5.69 Å². The highest BCUT2D eigenvalue weighted by molar-refractivity contribution is 7.11. The standard InChI is InChI=1S/C17H20F3N5O2S/c1-10-21-14(17(18,19)20)12(28-10)9-24-16(27)25-11(5-4-6-13(25)22-24)15(26)23-7-2-3-8-23/h11H,2-9H2,1H3. The summed E-state index contributed by atoms with van der Waals surface area (Å²) in [6, 6.07) is -0.617. The van der Waals surface area contributed by atoms with Gasteiger partial charge in [-0.05, 0) is 32.6 Å². The molecule has 11 heteroatoms. The van der Waals surface area contributed by atoms with Crippen molar-refractivity contribution in [2.75, 3.05) is 13.1 Å². The summed E-state index contributed by atoms with van der Waals surface area (Å²) in [5.41, 5.74) is -1.51. The number of carbonyl (C=O) groups excluding carboxylic acids is 1. The molecule has 2 aromatic rings. The number of rotatable bonds is 3. The van der Waals surface area contributed by atoms with Crippen LogP contribution in [0.3, 0.4) is 0 Å². The minimum absolute atomic E-state index is 0.0510. The summed E-state index contributed by atoms with van der Waals surface area (Å²) >= 11 is 0.903. The van der Waals surface area contributed by atoms with Gasteiger partial charge in [-0.2, -0.15) is 18.3 Å². The second-order valence-corrected chi connectivity index (χ2v) is 8.46. The highest BCUT2D eigenvalue weighted by atomic mass is 32.1. The first-order valence-electron chi connectivity index (χ1n) is 9.26. The van der Waals surface area contributed by atoms with E-state index in [9.17, 15) is 22.8 Å². The van der Waals surface area contributed by atoms with Crippen molar-refractivity contribution in [1.82, 2.24) is 24.2 Å². The quantitative estimate of drug-likeness (QED) is 0.772. The Bertz CT molecular complexity index is 955. The van der Waals surface area contributed by atoms with Crippen molar-refractivity contribution in [1.29, 1.82) is 0 Å². The number of hydrogen-bond acceptors (Lipinski definition) is 5. The molecule has 152 valence electrons. The van der Waals surface area contributed by atoms with Gasteiger partial charge < -0.3 is 4.90 Å². The van der Waals surface area contributed by atoms with E-state index in [4.69, 9.17) is 0 Å². The number of hydrogen-bond donors (Lipinski definition) is 0. The molecule has 2 aromatic heterocycles. The number of halogens is 3. The number of amides is 1. The maximum absolute atomic E-state index is 13.2. The first-order chi connectivity index (χ1) is 13.3. The summed E-state index contributed by atoms with van der Waals surface area (Å²) in [5.74, 6) is 0.369. The summed E-state index contributed by atoms with van der Waals surface area (Å²) in [6.07, 6.45) is -0.901. The number of aromatic nitrogens is 4. The lowest BCUT2D eigenvalue weighted by Crippen LogP contribution is -2.41. The topological polar surface area (TPSA) is 73.0 Å². The molecule has 4 heterocycles. The van der Waals surface area contributed by atoms with E-state index in [1.165, 1.54) is 11.5 Å². The highest BCUT2D eigenvalue weighted by Crippen LogP contribution is 2.34. The smallest absolute Gasteiger partial charge is 0.341 e. The molecule has 1 unspecified atom stereocenters. The van der Waals surface area contributed by atoms with E-state index < -0.39 is 23.6 Å². The molecule has 4 rings (SSSR count). The fraction of sp³-hybridized carbons (Fsp3) is 0.647. The molecule has 0 N–H and O–H groups in total. The average molecular weight is 415 g/mol. The monoisotopic (exact) mass is 415 g/mol. The lowest BCUT2D eigenvalue weighted by molar-refractivity contribution is -0.141. The lowest BCUT2D eigenvalue weighted by atomic mass is 10.0. The molecule has 0 aliphatic carbocycles. The van der Waals surface area contributed by atoms with Gasteiger partial charge in [-0.15, -0.1) is 11.3 Å². The summed E-state index contributed by atoms with van der Waals surface area (Å²) < 4.78 is 42.1. The van der Waals surface area contributed by atoms with Gasteiger partial charge in [0.2, 0.25) is 5.91 Å². The average Bonchev–Trinajstić information content (AvgIpc) is 3.34. The van der Waals surface area contributed by atoms with Gasteiger partial charge in [-0.1, -0.05) is 0 Å². The molecule has 0 spiro atoms. The van der Waals surface area contributed by atoms with Crippen LogP contribution in [0.2, 0.25) is 0 Å². The van der Waals surface area contributed by atoms with Crippen LogP contribution in [0.15, 0.2) is 4.79 Å². The third-order valence-corrected chi connectivity index (χ3v) is 6.16. The highest BCUT2D eigenvalue weighted by Gasteiger charge is 2.38. The minimum atomic E-state index is -4.59. The normalized spacial score (nSPS) is 19.9. The van der Waals surface area contributed by atoms with Gasteiger partial charge in [0.05, 0.1) is 16.4 Å². The predicted octanol–water partition coefficient (Wildman–Crippen LogP) is 2.38. The van der Waals surface area contributed by atoms with Crippen LogP contribution in [-0.2, 0) is 23.9 Å². The van der Waals surface area contributed by atoms with E-state index in [2.05, 4.69) is 10.1 Å². The third-order valence-electron chi connectivity index (χ3n) is 5.20. The number of alkyl halides is 3. The SMILES string of the molecule is Cc1nc(C(F)(F)F)c(Cn2nc3n(c2=O)C(C(=O)N2CCCC2)CCC3)s1. The Hall–Kier alpha value is -2.17. The van der Waals surface area contributed by atoms with E-state index >= 15 is 0 Å². The second-order valence-electron chi connectivity index (χ2n) is 7.17. The maximum atomic E-state index is 13.2. The summed E-state index contributed by atoms with van der Waals surface area (Å²) in [5, 5.41) is 4.52. The van der Waals surface area contributed by atoms with Crippen molar-refractivity contribution in [2.45, 2.75) is 57.8 Å². The van der Waals surface area contributed by atoms with Crippen molar-refractivity contribution >= 4 is 17.2 Å². The number of likely N-dealkylation sites (tertiary alicyclic amines) is 1. The van der Waals surface area contributed by atoms with Gasteiger partial charge >= 0.3 is 11.9 Å². The molecule has 7 nitrogen and oxygen atoms in total. The maximum Gasteiger partial charge on any atom is 0.434 e. The largest absolute Gasteiger partial charge is 0.434 e. The van der Waals surface area contributed by atoms with Gasteiger partial charge in [-0.25, -0.2) is 14.5 Å². The molecule has 2 aliphatic heterocycles. The van der Waals surface area contributed by atoms with Crippen LogP contribution in [-0.4, -0.2) is 43.2 Å². The van der Waals surface area contributed by atoms with E-state index in [0.717, 1.165) is 28.9 Å². The van der Waals surface area contributed by atoms with Crippen molar-refractivity contribution < 1.29 is 18.0 Å². The molecule has 1 amide bonds. The summed E-state index contributed by atoms with van der Waals surface area (Å²) in [4.78, 5) is 31.0. The first-order valence-corrected chi connectivity index (χ1v) is 10.1. The van der Waals surface area contributed by atoms with Gasteiger partial charge in [0.1, 0.15) is 11.9 Å². The molecule has 0 bridgehead atoms. The summed E-state index contributed by atoms with van der Waals surface area (Å²) in [6.45, 7) is 2.56. The Morgan fingerprint density at radius 1 is 1.25 bits per heavy atom. The molecule has 0 radical (unpaired) electrons. The second kappa shape index (κ2) is 7.02. The van der Waals surface area contributed by atoms with Crippen LogP contribution in [0.5, 0.6) is 0 Å². The Morgan fingerprint density at radius 2 is 1.96 bits per heavy atom. The number of fused-ring (bicyclic) bond motifs is 1. The van der Waals surface area contributed by atoms with Crippen molar-refractivity contribution in [3.8, 4) is 0 Å². The van der Waals surface area contributed by atoms with E-state index in [1.54, 1.807) is 4.90 Å². The van der Waals surface area contributed by atoms with Crippen LogP contribution in [0.1, 0.15) is 53.1 Å². The molecule has 0 saturated carbocycles. The minimum Gasteiger partial charge on any atom is -0.341 e. The predicted molar refractivity (Wildman–Crippen MR) is 95.2 cm³/mol. The molecule has 1 fully saturated rings. The first kappa shape index (κ1) is 19.2. The van der Waals surface area contributed by atoms with E-state index in [-0.39, 0.29) is 22.3 Å². The Kier molecular flexibility index (Phi) is 4.80. The van der Waals surface area contributed by atoms with Crippen LogP contribution in [0.25, 0.3) is 0 Å². The van der Waals surface area contributed by atoms with Crippen LogP contribution >= 0.6 is 11.3 Å². The van der Waals surface area contributed by atoms with Gasteiger partial charge in [0.15, 0.2) is 5.69 Å². The number of thiazole rings is 1. The van der Waals surface area contributed by atoms with Gasteiger partial charge in [0, 0.05) is 19.5 Å². The molecule has 1 atom stereocenters. The number of nitrogens with zero attached hydrogens (tertiary/aromatic N) is 5. The zero-order valence-electron chi connectivity index (χ0n) is 15.3. The van der Waals surface area contributed by atoms with Crippen LogP contribution in [0.4, 0.5) is 13.2 Å². The van der Waals surface area contributed by atoms with Crippen molar-refractivity contribution in [3.05, 3.63) is 31.9 Å². The molecule has 1 saturated heterocycles. The number of carbonyl (C=O) groups is 1. The molecule has 2 aliphatic rings. The zero-order valence-corrected chi connectivity index (χ0v) is 16.1. The molecule has 28 heavy (non-hydrogen) atoms. The van der Waals surface area contributed by atoms with E-state index in [0.29, 0.717) is 38.2 Å². The Morgan fingerprint density at radius 3 is 2.64 bits per heavy atom.